The molecular weight excluding hydrogens is 420 g/mol. The van der Waals surface area contributed by atoms with Crippen LogP contribution < -0.4 is 15.8 Å². The maximum atomic E-state index is 13.4. The molecule has 1 aliphatic heterocycles. The highest BCUT2D eigenvalue weighted by Gasteiger charge is 2.39. The molecule has 170 valence electrons. The Morgan fingerprint density at radius 1 is 0.970 bits per heavy atom. The van der Waals surface area contributed by atoms with E-state index in [0.29, 0.717) is 0 Å². The van der Waals surface area contributed by atoms with Crippen molar-refractivity contribution in [2.45, 2.75) is 25.9 Å². The Kier molecular flexibility index (Phi) is 5.91. The highest BCUT2D eigenvalue weighted by atomic mass is 16.3. The van der Waals surface area contributed by atoms with Crippen molar-refractivity contribution < 1.29 is 14.7 Å². The van der Waals surface area contributed by atoms with Gasteiger partial charge in [0.25, 0.3) is 11.8 Å². The van der Waals surface area contributed by atoms with Crippen LogP contribution in [-0.2, 0) is 0 Å². The SMILES string of the molecule is CNC(=O)c1cc(=O)c(O)c2n1N(C(c1ccccc1)c1ccccc1)CN(C(C)C)C2=O. The average molecular weight is 447 g/mol. The Bertz CT molecular complexity index is 1200. The molecule has 2 heterocycles. The van der Waals surface area contributed by atoms with Crippen LogP contribution in [-0.4, -0.2) is 46.3 Å². The van der Waals surface area contributed by atoms with Crippen LogP contribution in [0.2, 0.25) is 0 Å². The van der Waals surface area contributed by atoms with Gasteiger partial charge >= 0.3 is 0 Å². The van der Waals surface area contributed by atoms with Crippen LogP contribution in [0.4, 0.5) is 0 Å². The molecule has 0 aliphatic carbocycles. The fourth-order valence-electron chi connectivity index (χ4n) is 4.16. The molecule has 2 aromatic carbocycles. The quantitative estimate of drug-likeness (QED) is 0.628. The summed E-state index contributed by atoms with van der Waals surface area (Å²) in [4.78, 5) is 40.3. The minimum absolute atomic E-state index is 0.0241. The first-order valence-corrected chi connectivity index (χ1v) is 10.7. The van der Waals surface area contributed by atoms with Gasteiger partial charge in [0.2, 0.25) is 5.43 Å². The Labute approximate surface area is 191 Å². The number of aromatic hydroxyl groups is 1. The zero-order valence-electron chi connectivity index (χ0n) is 18.7. The number of nitrogens with one attached hydrogen (secondary N) is 1. The molecule has 0 spiro atoms. The largest absolute Gasteiger partial charge is 0.502 e. The molecule has 0 saturated carbocycles. The van der Waals surface area contributed by atoms with Crippen molar-refractivity contribution in [3.8, 4) is 5.75 Å². The number of carbonyl (C=O) groups is 2. The molecule has 0 fully saturated rings. The maximum absolute atomic E-state index is 13.4. The molecule has 2 N–H and O–H groups in total. The Hall–Kier alpha value is -4.07. The minimum atomic E-state index is -0.783. The normalized spacial score (nSPS) is 13.4. The molecule has 0 unspecified atom stereocenters. The molecule has 0 radical (unpaired) electrons. The first kappa shape index (κ1) is 22.1. The van der Waals surface area contributed by atoms with Gasteiger partial charge in [0.05, 0.1) is 6.04 Å². The molecule has 2 amide bonds. The third kappa shape index (κ3) is 3.84. The lowest BCUT2D eigenvalue weighted by Crippen LogP contribution is -2.58. The highest BCUT2D eigenvalue weighted by molar-refractivity contribution is 5.99. The predicted molar refractivity (Wildman–Crippen MR) is 125 cm³/mol. The fourth-order valence-corrected chi connectivity index (χ4v) is 4.16. The molecule has 1 aromatic heterocycles. The van der Waals surface area contributed by atoms with Gasteiger partial charge in [-0.05, 0) is 25.0 Å². The summed E-state index contributed by atoms with van der Waals surface area (Å²) in [7, 11) is 1.45. The minimum Gasteiger partial charge on any atom is -0.502 e. The van der Waals surface area contributed by atoms with E-state index in [2.05, 4.69) is 5.32 Å². The number of hydrogen-bond donors (Lipinski definition) is 2. The van der Waals surface area contributed by atoms with Crippen LogP contribution in [0.3, 0.4) is 0 Å². The summed E-state index contributed by atoms with van der Waals surface area (Å²) in [6.45, 7) is 3.87. The predicted octanol–water partition coefficient (Wildman–Crippen LogP) is 2.46. The van der Waals surface area contributed by atoms with Gasteiger partial charge in [0.15, 0.2) is 11.4 Å². The van der Waals surface area contributed by atoms with E-state index in [9.17, 15) is 19.5 Å². The molecule has 8 heteroatoms. The van der Waals surface area contributed by atoms with Gasteiger partial charge < -0.3 is 15.3 Å². The van der Waals surface area contributed by atoms with Crippen molar-refractivity contribution >= 4 is 11.8 Å². The molecule has 8 nitrogen and oxygen atoms in total. The number of nitrogens with zero attached hydrogens (tertiary/aromatic N) is 3. The standard InChI is InChI=1S/C25H26N4O4/c1-16(2)27-15-28(21(17-10-6-4-7-11-17)18-12-8-5-9-13-18)29-19(24(32)26-3)14-20(30)23(31)22(29)25(27)33/h4-14,16,21,31H,15H2,1-3H3,(H,26,32). The number of aromatic nitrogens is 1. The van der Waals surface area contributed by atoms with E-state index in [-0.39, 0.29) is 24.1 Å². The first-order valence-electron chi connectivity index (χ1n) is 10.7. The van der Waals surface area contributed by atoms with Gasteiger partial charge in [-0.2, -0.15) is 0 Å². The zero-order valence-corrected chi connectivity index (χ0v) is 18.7. The molecule has 3 aromatic rings. The van der Waals surface area contributed by atoms with Crippen molar-refractivity contribution in [3.05, 3.63) is 99.5 Å². The summed E-state index contributed by atoms with van der Waals surface area (Å²) < 4.78 is 1.39. The number of amides is 2. The summed E-state index contributed by atoms with van der Waals surface area (Å²) in [6, 6.07) is 19.8. The van der Waals surface area contributed by atoms with Crippen LogP contribution in [0.15, 0.2) is 71.5 Å². The number of pyridine rings is 1. The number of fused-ring (bicyclic) bond motifs is 1. The Balaban J connectivity index is 2.06. The van der Waals surface area contributed by atoms with E-state index in [1.165, 1.54) is 11.7 Å². The monoisotopic (exact) mass is 446 g/mol. The van der Waals surface area contributed by atoms with Gasteiger partial charge in [-0.15, -0.1) is 0 Å². The zero-order chi connectivity index (χ0) is 23.7. The summed E-state index contributed by atoms with van der Waals surface area (Å²) >= 11 is 0. The van der Waals surface area contributed by atoms with E-state index in [1.807, 2.05) is 79.5 Å². The molecule has 0 atom stereocenters. The van der Waals surface area contributed by atoms with Crippen LogP contribution in [0.25, 0.3) is 0 Å². The smallest absolute Gasteiger partial charge is 0.278 e. The van der Waals surface area contributed by atoms with E-state index in [0.717, 1.165) is 17.2 Å². The lowest BCUT2D eigenvalue weighted by Gasteiger charge is -2.46. The van der Waals surface area contributed by atoms with Crippen molar-refractivity contribution in [3.63, 3.8) is 0 Å². The molecular formula is C25H26N4O4. The maximum Gasteiger partial charge on any atom is 0.278 e. The third-order valence-corrected chi connectivity index (χ3v) is 5.79. The topological polar surface area (TPSA) is 94.9 Å². The summed E-state index contributed by atoms with van der Waals surface area (Å²) in [5.74, 6) is -1.73. The lowest BCUT2D eigenvalue weighted by atomic mass is 9.98. The number of carbonyl (C=O) groups excluding carboxylic acids is 2. The molecule has 4 rings (SSSR count). The second kappa shape index (κ2) is 8.82. The van der Waals surface area contributed by atoms with Crippen molar-refractivity contribution in [2.75, 3.05) is 18.7 Å². The summed E-state index contributed by atoms with van der Waals surface area (Å²) in [5.41, 5.74) is 0.819. The third-order valence-electron chi connectivity index (χ3n) is 5.79. The molecule has 1 aliphatic rings. The first-order chi connectivity index (χ1) is 15.8. The lowest BCUT2D eigenvalue weighted by molar-refractivity contribution is 0.0617. The Morgan fingerprint density at radius 2 is 1.52 bits per heavy atom. The van der Waals surface area contributed by atoms with Gasteiger partial charge in [0.1, 0.15) is 12.4 Å². The van der Waals surface area contributed by atoms with Crippen molar-refractivity contribution in [2.24, 2.45) is 0 Å². The van der Waals surface area contributed by atoms with E-state index < -0.39 is 29.0 Å². The van der Waals surface area contributed by atoms with Gasteiger partial charge in [-0.25, -0.2) is 4.68 Å². The van der Waals surface area contributed by atoms with E-state index >= 15 is 0 Å². The van der Waals surface area contributed by atoms with Crippen molar-refractivity contribution in [1.29, 1.82) is 0 Å². The second-order valence-corrected chi connectivity index (χ2v) is 8.16. The van der Waals surface area contributed by atoms with Gasteiger partial charge in [0, 0.05) is 19.2 Å². The second-order valence-electron chi connectivity index (χ2n) is 8.16. The van der Waals surface area contributed by atoms with Gasteiger partial charge in [-0.3, -0.25) is 19.4 Å². The molecule has 33 heavy (non-hydrogen) atoms. The van der Waals surface area contributed by atoms with Crippen LogP contribution in [0, 0.1) is 0 Å². The molecule has 0 bridgehead atoms. The molecule has 0 saturated heterocycles. The summed E-state index contributed by atoms with van der Waals surface area (Å²) in [5, 5.41) is 15.1. The van der Waals surface area contributed by atoms with Crippen LogP contribution in [0.5, 0.6) is 5.75 Å². The number of hydrogen-bond acceptors (Lipinski definition) is 5. The van der Waals surface area contributed by atoms with Crippen LogP contribution >= 0.6 is 0 Å². The fraction of sp³-hybridized carbons (Fsp3) is 0.240. The van der Waals surface area contributed by atoms with Crippen molar-refractivity contribution in [1.82, 2.24) is 14.9 Å². The van der Waals surface area contributed by atoms with Crippen LogP contribution in [0.1, 0.15) is 52.0 Å². The number of rotatable bonds is 5. The highest BCUT2D eigenvalue weighted by Crippen LogP contribution is 2.33. The average Bonchev–Trinajstić information content (AvgIpc) is 2.83. The Morgan fingerprint density at radius 3 is 2.00 bits per heavy atom. The van der Waals surface area contributed by atoms with E-state index in [1.54, 1.807) is 4.90 Å². The van der Waals surface area contributed by atoms with E-state index in [4.69, 9.17) is 0 Å². The summed E-state index contributed by atoms with van der Waals surface area (Å²) in [6.07, 6.45) is 0. The number of benzene rings is 2. The van der Waals surface area contributed by atoms with Gasteiger partial charge in [-0.1, -0.05) is 60.7 Å².